The molecule has 0 saturated carbocycles. The molecule has 1 rings (SSSR count). The van der Waals surface area contributed by atoms with Crippen molar-refractivity contribution in [1.29, 1.82) is 0 Å². The van der Waals surface area contributed by atoms with E-state index in [0.717, 1.165) is 11.1 Å². The molecule has 1 aromatic carbocycles. The van der Waals surface area contributed by atoms with Gasteiger partial charge in [0.25, 0.3) is 0 Å². The van der Waals surface area contributed by atoms with E-state index in [0.29, 0.717) is 11.5 Å². The lowest BCUT2D eigenvalue weighted by molar-refractivity contribution is 0.201. The second-order valence-corrected chi connectivity index (χ2v) is 3.26. The Morgan fingerprint density at radius 1 is 1.47 bits per heavy atom. The Morgan fingerprint density at radius 2 is 2.20 bits per heavy atom. The molecule has 0 aliphatic heterocycles. The van der Waals surface area contributed by atoms with Gasteiger partial charge in [-0.1, -0.05) is 11.2 Å². The first-order valence-electron chi connectivity index (χ1n) is 4.72. The summed E-state index contributed by atoms with van der Waals surface area (Å²) in [6.07, 6.45) is 0. The molecular formula is C11H15NO3. The smallest absolute Gasteiger partial charge is 0.128 e. The van der Waals surface area contributed by atoms with Crippen LogP contribution in [0.2, 0.25) is 0 Å². The zero-order valence-electron chi connectivity index (χ0n) is 8.90. The topological polar surface area (TPSA) is 62.1 Å². The third-order valence-electron chi connectivity index (χ3n) is 2.03. The fraction of sp³-hybridized carbons (Fsp3) is 0.364. The third kappa shape index (κ3) is 2.95. The van der Waals surface area contributed by atoms with Gasteiger partial charge in [0.2, 0.25) is 0 Å². The van der Waals surface area contributed by atoms with Crippen molar-refractivity contribution >= 4 is 5.71 Å². The van der Waals surface area contributed by atoms with E-state index in [2.05, 4.69) is 5.16 Å². The standard InChI is InChI=1S/C11H15NO3/c1-8-3-4-10(9(2)12-14)11(7-8)15-6-5-13/h3-4,7,13-14H,5-6H2,1-2H3. The van der Waals surface area contributed by atoms with Gasteiger partial charge in [-0.05, 0) is 31.5 Å². The summed E-state index contributed by atoms with van der Waals surface area (Å²) in [5.74, 6) is 0.624. The van der Waals surface area contributed by atoms with Crippen LogP contribution in [-0.2, 0) is 0 Å². The van der Waals surface area contributed by atoms with Crippen LogP contribution < -0.4 is 4.74 Å². The highest BCUT2D eigenvalue weighted by Crippen LogP contribution is 2.21. The van der Waals surface area contributed by atoms with Crippen LogP contribution in [0.1, 0.15) is 18.1 Å². The molecule has 0 spiro atoms. The Hall–Kier alpha value is -1.55. The van der Waals surface area contributed by atoms with Crippen molar-refractivity contribution in [2.75, 3.05) is 13.2 Å². The molecule has 15 heavy (non-hydrogen) atoms. The zero-order valence-corrected chi connectivity index (χ0v) is 8.90. The fourth-order valence-electron chi connectivity index (χ4n) is 1.26. The van der Waals surface area contributed by atoms with Crippen molar-refractivity contribution in [3.05, 3.63) is 29.3 Å². The average molecular weight is 209 g/mol. The van der Waals surface area contributed by atoms with Gasteiger partial charge in [-0.3, -0.25) is 0 Å². The Labute approximate surface area is 88.8 Å². The summed E-state index contributed by atoms with van der Waals surface area (Å²) in [7, 11) is 0. The van der Waals surface area contributed by atoms with E-state index < -0.39 is 0 Å². The SMILES string of the molecule is CC(=NO)c1ccc(C)cc1OCCO. The minimum absolute atomic E-state index is 0.0390. The third-order valence-corrected chi connectivity index (χ3v) is 2.03. The van der Waals surface area contributed by atoms with Crippen molar-refractivity contribution in [2.45, 2.75) is 13.8 Å². The lowest BCUT2D eigenvalue weighted by Crippen LogP contribution is -2.06. The number of hydrogen-bond donors (Lipinski definition) is 2. The summed E-state index contributed by atoms with van der Waals surface area (Å²) in [5.41, 5.74) is 2.27. The molecule has 0 amide bonds. The van der Waals surface area contributed by atoms with Crippen LogP contribution in [0.5, 0.6) is 5.75 Å². The first-order chi connectivity index (χ1) is 7.19. The highest BCUT2D eigenvalue weighted by atomic mass is 16.5. The van der Waals surface area contributed by atoms with Crippen LogP contribution in [0.15, 0.2) is 23.4 Å². The largest absolute Gasteiger partial charge is 0.490 e. The van der Waals surface area contributed by atoms with Gasteiger partial charge in [0.05, 0.1) is 12.3 Å². The molecule has 4 nitrogen and oxygen atoms in total. The quantitative estimate of drug-likeness (QED) is 0.449. The van der Waals surface area contributed by atoms with Gasteiger partial charge in [-0.15, -0.1) is 0 Å². The molecule has 0 aromatic heterocycles. The van der Waals surface area contributed by atoms with Crippen molar-refractivity contribution < 1.29 is 15.1 Å². The number of aliphatic hydroxyl groups is 1. The molecule has 0 fully saturated rings. The van der Waals surface area contributed by atoms with Gasteiger partial charge in [-0.2, -0.15) is 0 Å². The summed E-state index contributed by atoms with van der Waals surface area (Å²) in [6.45, 7) is 3.83. The van der Waals surface area contributed by atoms with Crippen LogP contribution in [0.3, 0.4) is 0 Å². The maximum atomic E-state index is 8.69. The van der Waals surface area contributed by atoms with Crippen LogP contribution in [0.25, 0.3) is 0 Å². The van der Waals surface area contributed by atoms with Gasteiger partial charge in [-0.25, -0.2) is 0 Å². The van der Waals surface area contributed by atoms with E-state index in [1.54, 1.807) is 6.92 Å². The number of aliphatic hydroxyl groups excluding tert-OH is 1. The first-order valence-corrected chi connectivity index (χ1v) is 4.72. The number of aryl methyl sites for hydroxylation is 1. The van der Waals surface area contributed by atoms with Gasteiger partial charge in [0.1, 0.15) is 12.4 Å². The van der Waals surface area contributed by atoms with Crippen LogP contribution in [-0.4, -0.2) is 29.2 Å². The molecule has 0 saturated heterocycles. The zero-order chi connectivity index (χ0) is 11.3. The summed E-state index contributed by atoms with van der Waals surface area (Å²) in [6, 6.07) is 5.59. The summed E-state index contributed by atoms with van der Waals surface area (Å²) in [4.78, 5) is 0. The lowest BCUT2D eigenvalue weighted by Gasteiger charge is -2.10. The minimum Gasteiger partial charge on any atom is -0.490 e. The van der Waals surface area contributed by atoms with Gasteiger partial charge in [0, 0.05) is 5.56 Å². The molecule has 0 unspecified atom stereocenters. The maximum absolute atomic E-state index is 8.69. The van der Waals surface area contributed by atoms with E-state index in [4.69, 9.17) is 15.1 Å². The molecule has 1 aromatic rings. The highest BCUT2D eigenvalue weighted by Gasteiger charge is 2.07. The average Bonchev–Trinajstić information content (AvgIpc) is 2.25. The predicted octanol–water partition coefficient (Wildman–Crippen LogP) is 1.56. The van der Waals surface area contributed by atoms with Crippen molar-refractivity contribution in [3.8, 4) is 5.75 Å². The van der Waals surface area contributed by atoms with Crippen molar-refractivity contribution in [3.63, 3.8) is 0 Å². The number of hydrogen-bond acceptors (Lipinski definition) is 4. The van der Waals surface area contributed by atoms with Crippen LogP contribution >= 0.6 is 0 Å². The second-order valence-electron chi connectivity index (χ2n) is 3.26. The first kappa shape index (κ1) is 11.5. The highest BCUT2D eigenvalue weighted by molar-refractivity contribution is 6.00. The molecule has 2 N–H and O–H groups in total. The van der Waals surface area contributed by atoms with E-state index >= 15 is 0 Å². The number of rotatable bonds is 4. The van der Waals surface area contributed by atoms with E-state index in [1.807, 2.05) is 25.1 Å². The molecule has 0 atom stereocenters. The Morgan fingerprint density at radius 3 is 2.80 bits per heavy atom. The monoisotopic (exact) mass is 209 g/mol. The molecule has 82 valence electrons. The molecule has 0 bridgehead atoms. The minimum atomic E-state index is -0.0390. The molecule has 0 aliphatic carbocycles. The van der Waals surface area contributed by atoms with Crippen molar-refractivity contribution in [1.82, 2.24) is 0 Å². The Balaban J connectivity index is 3.03. The number of nitrogens with zero attached hydrogens (tertiary/aromatic N) is 1. The fourth-order valence-corrected chi connectivity index (χ4v) is 1.26. The number of ether oxygens (including phenoxy) is 1. The normalized spacial score (nSPS) is 11.5. The second kappa shape index (κ2) is 5.36. The van der Waals surface area contributed by atoms with Crippen LogP contribution in [0, 0.1) is 6.92 Å². The molecular weight excluding hydrogens is 194 g/mol. The van der Waals surface area contributed by atoms with Crippen LogP contribution in [0.4, 0.5) is 0 Å². The van der Waals surface area contributed by atoms with Gasteiger partial charge >= 0.3 is 0 Å². The molecule has 4 heteroatoms. The van der Waals surface area contributed by atoms with Gasteiger partial charge < -0.3 is 15.1 Å². The summed E-state index contributed by atoms with van der Waals surface area (Å²) < 4.78 is 5.35. The number of benzene rings is 1. The number of oxime groups is 1. The van der Waals surface area contributed by atoms with E-state index in [9.17, 15) is 0 Å². The Kier molecular flexibility index (Phi) is 4.12. The van der Waals surface area contributed by atoms with E-state index in [1.165, 1.54) is 0 Å². The molecule has 0 heterocycles. The van der Waals surface area contributed by atoms with E-state index in [-0.39, 0.29) is 13.2 Å². The van der Waals surface area contributed by atoms with Gasteiger partial charge in [0.15, 0.2) is 0 Å². The maximum Gasteiger partial charge on any atom is 0.128 e. The Bertz CT molecular complexity index is 361. The predicted molar refractivity (Wildman–Crippen MR) is 57.8 cm³/mol. The summed E-state index contributed by atoms with van der Waals surface area (Å²) in [5, 5.41) is 20.5. The summed E-state index contributed by atoms with van der Waals surface area (Å²) >= 11 is 0. The van der Waals surface area contributed by atoms with Crippen molar-refractivity contribution in [2.24, 2.45) is 5.16 Å². The lowest BCUT2D eigenvalue weighted by atomic mass is 10.1. The molecule has 0 aliphatic rings. The molecule has 0 radical (unpaired) electrons.